The highest BCUT2D eigenvalue weighted by atomic mass is 16.5. The highest BCUT2D eigenvalue weighted by Gasteiger charge is 2.24. The number of allylic oxidation sites excluding steroid dienone is 4. The number of dihydropyridines is 1. The number of aromatic hydroxyl groups is 1. The summed E-state index contributed by atoms with van der Waals surface area (Å²) in [6.07, 6.45) is 11.4. The molecule has 2 N–H and O–H groups in total. The predicted molar refractivity (Wildman–Crippen MR) is 142 cm³/mol. The van der Waals surface area contributed by atoms with Crippen LogP contribution in [0.5, 0.6) is 11.5 Å². The highest BCUT2D eigenvalue weighted by Crippen LogP contribution is 2.37. The second kappa shape index (κ2) is 13.4. The average molecular weight is 483 g/mol. The molecule has 0 unspecified atom stereocenters. The molecule has 2 heterocycles. The number of hydrogen-bond acceptors (Lipinski definition) is 6. The van der Waals surface area contributed by atoms with Crippen LogP contribution < -0.4 is 10.1 Å². The quantitative estimate of drug-likeness (QED) is 0.395. The molecule has 1 aromatic rings. The third kappa shape index (κ3) is 6.92. The number of hydrogen-bond donors (Lipinski definition) is 2. The van der Waals surface area contributed by atoms with Crippen LogP contribution in [0.1, 0.15) is 57.1 Å². The van der Waals surface area contributed by atoms with E-state index in [0.717, 1.165) is 86.6 Å². The lowest BCUT2D eigenvalue weighted by Gasteiger charge is -2.35. The van der Waals surface area contributed by atoms with Crippen molar-refractivity contribution in [3.63, 3.8) is 0 Å². The largest absolute Gasteiger partial charge is 0.507 e. The van der Waals surface area contributed by atoms with Gasteiger partial charge in [-0.15, -0.1) is 0 Å². The fraction of sp³-hybridized carbons (Fsp3) is 0.517. The van der Waals surface area contributed by atoms with Gasteiger partial charge in [0, 0.05) is 33.4 Å². The van der Waals surface area contributed by atoms with Gasteiger partial charge in [0.1, 0.15) is 11.5 Å². The van der Waals surface area contributed by atoms with Gasteiger partial charge in [0.15, 0.2) is 0 Å². The standard InChI is InChI=1S/C29H42N2O4/c1-6-8-14-31(19-22-12-15-35-16-13-22)29(21(3)7-2)25-11-9-10-24(30-25)28-26(32)17-23(20-33-4)18-27(28)34-5/h9-11,17-18,22,30,32H,3,6-8,12-16,19-20H2,1-2,4-5H3/b29-25+. The molecule has 6 heteroatoms. The number of methoxy groups -OCH3 is 2. The lowest BCUT2D eigenvalue weighted by Crippen LogP contribution is -2.35. The summed E-state index contributed by atoms with van der Waals surface area (Å²) in [5.74, 6) is 1.37. The zero-order chi connectivity index (χ0) is 25.2. The summed E-state index contributed by atoms with van der Waals surface area (Å²) in [6, 6.07) is 3.64. The zero-order valence-corrected chi connectivity index (χ0v) is 21.9. The Kier molecular flexibility index (Phi) is 10.3. The molecule has 0 saturated carbocycles. The molecule has 0 aliphatic carbocycles. The van der Waals surface area contributed by atoms with Crippen LogP contribution in [0, 0.1) is 5.92 Å². The molecule has 6 nitrogen and oxygen atoms in total. The van der Waals surface area contributed by atoms with Crippen molar-refractivity contribution >= 4 is 5.70 Å². The van der Waals surface area contributed by atoms with Gasteiger partial charge in [-0.05, 0) is 67.0 Å². The summed E-state index contributed by atoms with van der Waals surface area (Å²) in [5.41, 5.74) is 5.55. The van der Waals surface area contributed by atoms with E-state index in [9.17, 15) is 5.11 Å². The maximum absolute atomic E-state index is 10.9. The number of ether oxygens (including phenoxy) is 3. The number of nitrogens with zero attached hydrogens (tertiary/aromatic N) is 1. The van der Waals surface area contributed by atoms with Gasteiger partial charge in [0.25, 0.3) is 0 Å². The van der Waals surface area contributed by atoms with Crippen molar-refractivity contribution in [1.82, 2.24) is 10.2 Å². The first-order chi connectivity index (χ1) is 17.0. The number of unbranched alkanes of at least 4 members (excludes halogenated alkanes) is 1. The third-order valence-corrected chi connectivity index (χ3v) is 6.67. The Labute approximate surface area is 210 Å². The number of phenols is 1. The average Bonchev–Trinajstić information content (AvgIpc) is 2.87. The highest BCUT2D eigenvalue weighted by molar-refractivity contribution is 5.78. The molecule has 0 bridgehead atoms. The first-order valence-electron chi connectivity index (χ1n) is 12.8. The third-order valence-electron chi connectivity index (χ3n) is 6.67. The van der Waals surface area contributed by atoms with E-state index in [1.807, 2.05) is 18.2 Å². The first kappa shape index (κ1) is 26.9. The van der Waals surface area contributed by atoms with Gasteiger partial charge in [-0.1, -0.05) is 32.9 Å². The number of benzene rings is 1. The lowest BCUT2D eigenvalue weighted by atomic mass is 9.97. The van der Waals surface area contributed by atoms with E-state index in [0.29, 0.717) is 23.8 Å². The molecule has 0 atom stereocenters. The van der Waals surface area contributed by atoms with Crippen LogP contribution in [0.15, 0.2) is 53.9 Å². The molecule has 0 aromatic heterocycles. The lowest BCUT2D eigenvalue weighted by molar-refractivity contribution is 0.0565. The number of phenolic OH excluding ortho intramolecular Hbond substituents is 1. The Morgan fingerprint density at radius 3 is 2.66 bits per heavy atom. The van der Waals surface area contributed by atoms with Crippen molar-refractivity contribution in [3.05, 3.63) is 65.0 Å². The Bertz CT molecular complexity index is 958. The molecule has 0 amide bonds. The van der Waals surface area contributed by atoms with Crippen LogP contribution in [-0.2, 0) is 16.1 Å². The molecule has 1 saturated heterocycles. The predicted octanol–water partition coefficient (Wildman–Crippen LogP) is 5.75. The van der Waals surface area contributed by atoms with Gasteiger partial charge in [-0.2, -0.15) is 0 Å². The Hall–Kier alpha value is -2.70. The smallest absolute Gasteiger partial charge is 0.132 e. The van der Waals surface area contributed by atoms with Crippen LogP contribution in [-0.4, -0.2) is 50.5 Å². The van der Waals surface area contributed by atoms with Crippen LogP contribution in [0.3, 0.4) is 0 Å². The molecule has 3 rings (SSSR count). The molecule has 1 fully saturated rings. The summed E-state index contributed by atoms with van der Waals surface area (Å²) in [4.78, 5) is 2.51. The van der Waals surface area contributed by atoms with Crippen LogP contribution in [0.4, 0.5) is 0 Å². The van der Waals surface area contributed by atoms with Gasteiger partial charge in [-0.3, -0.25) is 0 Å². The molecule has 0 spiro atoms. The van der Waals surface area contributed by atoms with Crippen molar-refractivity contribution in [2.75, 3.05) is 40.5 Å². The van der Waals surface area contributed by atoms with E-state index < -0.39 is 0 Å². The second-order valence-electron chi connectivity index (χ2n) is 9.26. The van der Waals surface area contributed by atoms with Crippen molar-refractivity contribution < 1.29 is 19.3 Å². The summed E-state index contributed by atoms with van der Waals surface area (Å²) in [5, 5.41) is 14.5. The summed E-state index contributed by atoms with van der Waals surface area (Å²) >= 11 is 0. The fourth-order valence-corrected chi connectivity index (χ4v) is 4.73. The van der Waals surface area contributed by atoms with Crippen molar-refractivity contribution in [1.29, 1.82) is 0 Å². The number of rotatable bonds is 12. The van der Waals surface area contributed by atoms with Crippen molar-refractivity contribution in [2.45, 2.75) is 52.6 Å². The van der Waals surface area contributed by atoms with Crippen molar-refractivity contribution in [3.8, 4) is 11.5 Å². The molecule has 0 radical (unpaired) electrons. The van der Waals surface area contributed by atoms with Gasteiger partial charge in [0.2, 0.25) is 0 Å². The maximum atomic E-state index is 10.9. The molecule has 1 aromatic carbocycles. The van der Waals surface area contributed by atoms with E-state index in [1.54, 1.807) is 20.3 Å². The summed E-state index contributed by atoms with van der Waals surface area (Å²) in [6.45, 7) is 12.9. The topological polar surface area (TPSA) is 63.2 Å². The second-order valence-corrected chi connectivity index (χ2v) is 9.26. The van der Waals surface area contributed by atoms with E-state index >= 15 is 0 Å². The number of nitrogens with one attached hydrogen (secondary N) is 1. The monoisotopic (exact) mass is 482 g/mol. The normalized spacial score (nSPS) is 17.5. The maximum Gasteiger partial charge on any atom is 0.132 e. The minimum absolute atomic E-state index is 0.158. The van der Waals surface area contributed by atoms with Crippen LogP contribution >= 0.6 is 0 Å². The van der Waals surface area contributed by atoms with E-state index in [-0.39, 0.29) is 5.75 Å². The summed E-state index contributed by atoms with van der Waals surface area (Å²) in [7, 11) is 3.26. The van der Waals surface area contributed by atoms with Crippen molar-refractivity contribution in [2.24, 2.45) is 5.92 Å². The summed E-state index contributed by atoms with van der Waals surface area (Å²) < 4.78 is 16.5. The fourth-order valence-electron chi connectivity index (χ4n) is 4.73. The molecule has 192 valence electrons. The van der Waals surface area contributed by atoms with E-state index in [4.69, 9.17) is 14.2 Å². The minimum atomic E-state index is 0.158. The Morgan fingerprint density at radius 1 is 1.23 bits per heavy atom. The zero-order valence-electron chi connectivity index (χ0n) is 21.9. The molecular weight excluding hydrogens is 440 g/mol. The SMILES string of the molecule is C=C(CC)/C(=C1/C=CC=C(c2c(O)cc(COC)cc2OC)N1)N(CCCC)CC1CCOCC1. The van der Waals surface area contributed by atoms with E-state index in [2.05, 4.69) is 36.7 Å². The first-order valence-corrected chi connectivity index (χ1v) is 12.8. The Morgan fingerprint density at radius 2 is 2.00 bits per heavy atom. The van der Waals surface area contributed by atoms with Gasteiger partial charge < -0.3 is 29.5 Å². The van der Waals surface area contributed by atoms with Crippen LogP contribution in [0.25, 0.3) is 5.70 Å². The Balaban J connectivity index is 1.98. The molecule has 2 aliphatic rings. The molecule has 2 aliphatic heterocycles. The molecule has 35 heavy (non-hydrogen) atoms. The van der Waals surface area contributed by atoms with Gasteiger partial charge in [-0.25, -0.2) is 0 Å². The van der Waals surface area contributed by atoms with Gasteiger partial charge in [0.05, 0.1) is 36.4 Å². The molecular formula is C29H42N2O4. The van der Waals surface area contributed by atoms with Gasteiger partial charge >= 0.3 is 0 Å². The minimum Gasteiger partial charge on any atom is -0.507 e. The van der Waals surface area contributed by atoms with Crippen LogP contribution in [0.2, 0.25) is 0 Å². The van der Waals surface area contributed by atoms with E-state index in [1.165, 1.54) is 0 Å².